The van der Waals surface area contributed by atoms with Gasteiger partial charge in [0.25, 0.3) is 0 Å². The molecule has 2 heteroatoms. The number of pyridine rings is 1. The standard InChI is InChI=1S/C11H11NO/c1-8-4-5-9(7-13)10-3-2-6-12-11(8)10/h2-6,13H,7H2,1H3. The van der Waals surface area contributed by atoms with Crippen LogP contribution in [-0.2, 0) is 6.61 Å². The monoisotopic (exact) mass is 173 g/mol. The van der Waals surface area contributed by atoms with E-state index in [0.29, 0.717) is 0 Å². The maximum absolute atomic E-state index is 9.10. The Labute approximate surface area is 76.9 Å². The average molecular weight is 173 g/mol. The second-order valence-corrected chi connectivity index (χ2v) is 3.10. The third-order valence-corrected chi connectivity index (χ3v) is 2.23. The fraction of sp³-hybridized carbons (Fsp3) is 0.182. The Morgan fingerprint density at radius 2 is 2.15 bits per heavy atom. The maximum Gasteiger partial charge on any atom is 0.0734 e. The topological polar surface area (TPSA) is 33.1 Å². The lowest BCUT2D eigenvalue weighted by molar-refractivity contribution is 0.283. The van der Waals surface area contributed by atoms with Gasteiger partial charge in [-0.25, -0.2) is 0 Å². The molecule has 0 atom stereocenters. The summed E-state index contributed by atoms with van der Waals surface area (Å²) in [4.78, 5) is 4.28. The molecule has 66 valence electrons. The Kier molecular flexibility index (Phi) is 1.99. The Morgan fingerprint density at radius 3 is 2.92 bits per heavy atom. The van der Waals surface area contributed by atoms with E-state index in [1.165, 1.54) is 0 Å². The van der Waals surface area contributed by atoms with Gasteiger partial charge < -0.3 is 5.11 Å². The Morgan fingerprint density at radius 1 is 1.31 bits per heavy atom. The molecular weight excluding hydrogens is 162 g/mol. The molecule has 2 aromatic rings. The van der Waals surface area contributed by atoms with E-state index in [1.54, 1.807) is 6.20 Å². The van der Waals surface area contributed by atoms with E-state index in [2.05, 4.69) is 4.98 Å². The predicted octanol–water partition coefficient (Wildman–Crippen LogP) is 2.04. The van der Waals surface area contributed by atoms with Crippen molar-refractivity contribution < 1.29 is 5.11 Å². The molecule has 1 aromatic heterocycles. The molecule has 13 heavy (non-hydrogen) atoms. The average Bonchev–Trinajstić information content (AvgIpc) is 2.19. The lowest BCUT2D eigenvalue weighted by atomic mass is 10.1. The van der Waals surface area contributed by atoms with Crippen LogP contribution in [0.2, 0.25) is 0 Å². The van der Waals surface area contributed by atoms with E-state index < -0.39 is 0 Å². The number of rotatable bonds is 1. The van der Waals surface area contributed by atoms with Gasteiger partial charge in [-0.1, -0.05) is 18.2 Å². The highest BCUT2D eigenvalue weighted by Crippen LogP contribution is 2.19. The lowest BCUT2D eigenvalue weighted by Crippen LogP contribution is -1.89. The van der Waals surface area contributed by atoms with Crippen LogP contribution in [0.5, 0.6) is 0 Å². The minimum atomic E-state index is 0.0719. The summed E-state index contributed by atoms with van der Waals surface area (Å²) in [5, 5.41) is 10.1. The zero-order chi connectivity index (χ0) is 9.26. The predicted molar refractivity (Wildman–Crippen MR) is 52.4 cm³/mol. The Balaban J connectivity index is 2.84. The van der Waals surface area contributed by atoms with E-state index in [4.69, 9.17) is 5.11 Å². The van der Waals surface area contributed by atoms with Crippen LogP contribution in [0.4, 0.5) is 0 Å². The van der Waals surface area contributed by atoms with Crippen molar-refractivity contribution >= 4 is 10.9 Å². The quantitative estimate of drug-likeness (QED) is 0.715. The highest BCUT2D eigenvalue weighted by molar-refractivity contribution is 5.84. The van der Waals surface area contributed by atoms with Gasteiger partial charge in [0.15, 0.2) is 0 Å². The molecule has 2 rings (SSSR count). The van der Waals surface area contributed by atoms with Crippen molar-refractivity contribution in [3.05, 3.63) is 41.6 Å². The summed E-state index contributed by atoms with van der Waals surface area (Å²) in [6.07, 6.45) is 1.77. The van der Waals surface area contributed by atoms with Gasteiger partial charge in [0, 0.05) is 11.6 Å². The third-order valence-electron chi connectivity index (χ3n) is 2.23. The van der Waals surface area contributed by atoms with Crippen LogP contribution in [-0.4, -0.2) is 10.1 Å². The number of aliphatic hydroxyl groups excluding tert-OH is 1. The molecule has 0 saturated heterocycles. The van der Waals surface area contributed by atoms with Gasteiger partial charge in [0.1, 0.15) is 0 Å². The van der Waals surface area contributed by atoms with Gasteiger partial charge in [-0.3, -0.25) is 4.98 Å². The highest BCUT2D eigenvalue weighted by atomic mass is 16.3. The maximum atomic E-state index is 9.10. The SMILES string of the molecule is Cc1ccc(CO)c2cccnc12. The van der Waals surface area contributed by atoms with Crippen molar-refractivity contribution in [1.82, 2.24) is 4.98 Å². The van der Waals surface area contributed by atoms with E-state index in [9.17, 15) is 0 Å². The van der Waals surface area contributed by atoms with Crippen molar-refractivity contribution in [2.45, 2.75) is 13.5 Å². The van der Waals surface area contributed by atoms with Crippen LogP contribution >= 0.6 is 0 Å². The molecule has 1 aromatic carbocycles. The van der Waals surface area contributed by atoms with E-state index in [0.717, 1.165) is 22.0 Å². The van der Waals surface area contributed by atoms with E-state index in [1.807, 2.05) is 31.2 Å². The van der Waals surface area contributed by atoms with Gasteiger partial charge in [-0.2, -0.15) is 0 Å². The number of hydrogen-bond donors (Lipinski definition) is 1. The molecular formula is C11H11NO. The van der Waals surface area contributed by atoms with Crippen LogP contribution in [0, 0.1) is 6.92 Å². The molecule has 0 radical (unpaired) electrons. The van der Waals surface area contributed by atoms with Crippen molar-refractivity contribution in [3.63, 3.8) is 0 Å². The molecule has 0 spiro atoms. The second kappa shape index (κ2) is 3.15. The molecule has 0 unspecified atom stereocenters. The number of hydrogen-bond acceptors (Lipinski definition) is 2. The minimum Gasteiger partial charge on any atom is -0.392 e. The molecule has 0 aliphatic rings. The number of fused-ring (bicyclic) bond motifs is 1. The highest BCUT2D eigenvalue weighted by Gasteiger charge is 2.01. The number of aliphatic hydroxyl groups is 1. The third kappa shape index (κ3) is 1.29. The van der Waals surface area contributed by atoms with Crippen LogP contribution < -0.4 is 0 Å². The van der Waals surface area contributed by atoms with Gasteiger partial charge in [0.05, 0.1) is 12.1 Å². The van der Waals surface area contributed by atoms with Crippen LogP contribution in [0.1, 0.15) is 11.1 Å². The van der Waals surface area contributed by atoms with Crippen LogP contribution in [0.3, 0.4) is 0 Å². The summed E-state index contributed by atoms with van der Waals surface area (Å²) in [5.74, 6) is 0. The second-order valence-electron chi connectivity index (χ2n) is 3.10. The largest absolute Gasteiger partial charge is 0.392 e. The van der Waals surface area contributed by atoms with Gasteiger partial charge in [-0.05, 0) is 24.1 Å². The first-order valence-electron chi connectivity index (χ1n) is 4.27. The summed E-state index contributed by atoms with van der Waals surface area (Å²) < 4.78 is 0. The van der Waals surface area contributed by atoms with Crippen LogP contribution in [0.25, 0.3) is 10.9 Å². The molecule has 0 aliphatic heterocycles. The molecule has 0 aliphatic carbocycles. The first kappa shape index (κ1) is 8.20. The van der Waals surface area contributed by atoms with Crippen molar-refractivity contribution in [1.29, 1.82) is 0 Å². The molecule has 0 bridgehead atoms. The first-order chi connectivity index (χ1) is 6.33. The number of nitrogens with zero attached hydrogens (tertiary/aromatic N) is 1. The van der Waals surface area contributed by atoms with Gasteiger partial charge in [-0.15, -0.1) is 0 Å². The smallest absolute Gasteiger partial charge is 0.0734 e. The summed E-state index contributed by atoms with van der Waals surface area (Å²) >= 11 is 0. The number of aryl methyl sites for hydroxylation is 1. The van der Waals surface area contributed by atoms with Gasteiger partial charge >= 0.3 is 0 Å². The molecule has 1 N–H and O–H groups in total. The first-order valence-corrected chi connectivity index (χ1v) is 4.27. The summed E-state index contributed by atoms with van der Waals surface area (Å²) in [6, 6.07) is 7.81. The lowest BCUT2D eigenvalue weighted by Gasteiger charge is -2.04. The number of aromatic nitrogens is 1. The van der Waals surface area contributed by atoms with E-state index >= 15 is 0 Å². The van der Waals surface area contributed by atoms with Gasteiger partial charge in [0.2, 0.25) is 0 Å². The zero-order valence-corrected chi connectivity index (χ0v) is 7.49. The van der Waals surface area contributed by atoms with Crippen molar-refractivity contribution in [2.24, 2.45) is 0 Å². The normalized spacial score (nSPS) is 10.6. The molecule has 2 nitrogen and oxygen atoms in total. The summed E-state index contributed by atoms with van der Waals surface area (Å²) in [6.45, 7) is 2.10. The summed E-state index contributed by atoms with van der Waals surface area (Å²) in [5.41, 5.74) is 3.07. The molecule has 0 fully saturated rings. The number of benzene rings is 1. The molecule has 0 saturated carbocycles. The minimum absolute atomic E-state index is 0.0719. The molecule has 0 amide bonds. The fourth-order valence-corrected chi connectivity index (χ4v) is 1.51. The van der Waals surface area contributed by atoms with E-state index in [-0.39, 0.29) is 6.61 Å². The van der Waals surface area contributed by atoms with Crippen LogP contribution in [0.15, 0.2) is 30.5 Å². The summed E-state index contributed by atoms with van der Waals surface area (Å²) in [7, 11) is 0. The molecule has 1 heterocycles. The zero-order valence-electron chi connectivity index (χ0n) is 7.49. The fourth-order valence-electron chi connectivity index (χ4n) is 1.51. The Hall–Kier alpha value is -1.41. The van der Waals surface area contributed by atoms with Crippen molar-refractivity contribution in [2.75, 3.05) is 0 Å². The Bertz CT molecular complexity index is 437. The van der Waals surface area contributed by atoms with Crippen molar-refractivity contribution in [3.8, 4) is 0 Å².